The van der Waals surface area contributed by atoms with Crippen LogP contribution in [0.4, 0.5) is 0 Å². The van der Waals surface area contributed by atoms with E-state index in [1.165, 1.54) is 25.7 Å². The fraction of sp³-hybridized carbons (Fsp3) is 0.917. The molecule has 1 heterocycles. The maximum absolute atomic E-state index is 10.8. The van der Waals surface area contributed by atoms with E-state index in [0.29, 0.717) is 0 Å². The SMILES string of the molecule is CC1CCC2(CC1)CC(C=O)CCO2. The van der Waals surface area contributed by atoms with Crippen molar-refractivity contribution in [3.05, 3.63) is 0 Å². The van der Waals surface area contributed by atoms with Crippen molar-refractivity contribution in [2.24, 2.45) is 11.8 Å². The van der Waals surface area contributed by atoms with Gasteiger partial charge in [-0.1, -0.05) is 6.92 Å². The molecule has 1 aliphatic heterocycles. The van der Waals surface area contributed by atoms with Gasteiger partial charge in [-0.2, -0.15) is 0 Å². The zero-order valence-corrected chi connectivity index (χ0v) is 9.00. The maximum atomic E-state index is 10.8. The van der Waals surface area contributed by atoms with Crippen molar-refractivity contribution in [3.8, 4) is 0 Å². The molecule has 1 saturated heterocycles. The van der Waals surface area contributed by atoms with Crippen LogP contribution in [0.2, 0.25) is 0 Å². The van der Waals surface area contributed by atoms with E-state index in [1.54, 1.807) is 0 Å². The van der Waals surface area contributed by atoms with E-state index in [4.69, 9.17) is 4.74 Å². The standard InChI is InChI=1S/C12H20O2/c1-10-2-5-12(6-3-10)8-11(9-13)4-7-14-12/h9-11H,2-8H2,1H3. The van der Waals surface area contributed by atoms with Gasteiger partial charge in [-0.25, -0.2) is 0 Å². The van der Waals surface area contributed by atoms with E-state index in [-0.39, 0.29) is 11.5 Å². The molecule has 2 aliphatic rings. The highest BCUT2D eigenvalue weighted by Gasteiger charge is 2.39. The fourth-order valence-electron chi connectivity index (χ4n) is 2.82. The lowest BCUT2D eigenvalue weighted by Crippen LogP contribution is -2.43. The Morgan fingerprint density at radius 1 is 1.29 bits per heavy atom. The van der Waals surface area contributed by atoms with Crippen LogP contribution in [0.25, 0.3) is 0 Å². The summed E-state index contributed by atoms with van der Waals surface area (Å²) < 4.78 is 5.93. The summed E-state index contributed by atoms with van der Waals surface area (Å²) in [6, 6.07) is 0. The Kier molecular flexibility index (Phi) is 2.91. The van der Waals surface area contributed by atoms with Gasteiger partial charge in [0, 0.05) is 12.5 Å². The molecule has 0 aromatic carbocycles. The number of hydrogen-bond acceptors (Lipinski definition) is 2. The first-order valence-corrected chi connectivity index (χ1v) is 5.83. The number of aldehydes is 1. The van der Waals surface area contributed by atoms with Gasteiger partial charge in [-0.05, 0) is 44.4 Å². The first-order chi connectivity index (χ1) is 6.74. The van der Waals surface area contributed by atoms with Crippen molar-refractivity contribution in [3.63, 3.8) is 0 Å². The Morgan fingerprint density at radius 2 is 2.00 bits per heavy atom. The summed E-state index contributed by atoms with van der Waals surface area (Å²) in [6.07, 6.45) is 7.90. The van der Waals surface area contributed by atoms with Crippen LogP contribution in [0.5, 0.6) is 0 Å². The Labute approximate surface area is 86.0 Å². The molecule has 0 aromatic heterocycles. The third kappa shape index (κ3) is 2.00. The summed E-state index contributed by atoms with van der Waals surface area (Å²) in [5, 5.41) is 0. The van der Waals surface area contributed by atoms with E-state index >= 15 is 0 Å². The minimum absolute atomic E-state index is 0.0797. The van der Waals surface area contributed by atoms with Crippen LogP contribution >= 0.6 is 0 Å². The molecule has 0 amide bonds. The Morgan fingerprint density at radius 3 is 2.64 bits per heavy atom. The second kappa shape index (κ2) is 4.01. The molecule has 14 heavy (non-hydrogen) atoms. The van der Waals surface area contributed by atoms with Crippen LogP contribution in [-0.2, 0) is 9.53 Å². The van der Waals surface area contributed by atoms with Crippen LogP contribution in [-0.4, -0.2) is 18.5 Å². The molecule has 1 unspecified atom stereocenters. The number of carbonyl (C=O) groups excluding carboxylic acids is 1. The van der Waals surface area contributed by atoms with E-state index < -0.39 is 0 Å². The number of carbonyl (C=O) groups is 1. The van der Waals surface area contributed by atoms with Crippen LogP contribution < -0.4 is 0 Å². The van der Waals surface area contributed by atoms with Crippen molar-refractivity contribution < 1.29 is 9.53 Å². The van der Waals surface area contributed by atoms with Crippen LogP contribution in [0.3, 0.4) is 0 Å². The van der Waals surface area contributed by atoms with Gasteiger partial charge in [0.25, 0.3) is 0 Å². The van der Waals surface area contributed by atoms with Crippen LogP contribution in [0.15, 0.2) is 0 Å². The lowest BCUT2D eigenvalue weighted by molar-refractivity contribution is -0.136. The molecule has 0 N–H and O–H groups in total. The Balaban J connectivity index is 1.97. The fourth-order valence-corrected chi connectivity index (χ4v) is 2.82. The molecule has 0 aromatic rings. The van der Waals surface area contributed by atoms with E-state index in [9.17, 15) is 4.79 Å². The van der Waals surface area contributed by atoms with Crippen LogP contribution in [0, 0.1) is 11.8 Å². The third-order valence-electron chi connectivity index (χ3n) is 3.91. The van der Waals surface area contributed by atoms with Crippen molar-refractivity contribution in [2.45, 2.75) is 51.0 Å². The molecule has 2 nitrogen and oxygen atoms in total. The maximum Gasteiger partial charge on any atom is 0.123 e. The van der Waals surface area contributed by atoms with Gasteiger partial charge in [0.05, 0.1) is 5.60 Å². The Hall–Kier alpha value is -0.370. The van der Waals surface area contributed by atoms with Gasteiger partial charge in [0.1, 0.15) is 6.29 Å². The predicted molar refractivity (Wildman–Crippen MR) is 55.1 cm³/mol. The lowest BCUT2D eigenvalue weighted by atomic mass is 9.73. The van der Waals surface area contributed by atoms with E-state index in [1.807, 2.05) is 0 Å². The molecular formula is C12H20O2. The highest BCUT2D eigenvalue weighted by atomic mass is 16.5. The van der Waals surface area contributed by atoms with Gasteiger partial charge in [-0.15, -0.1) is 0 Å². The first kappa shape index (κ1) is 10.2. The normalized spacial score (nSPS) is 43.8. The highest BCUT2D eigenvalue weighted by molar-refractivity contribution is 5.53. The quantitative estimate of drug-likeness (QED) is 0.602. The van der Waals surface area contributed by atoms with Gasteiger partial charge >= 0.3 is 0 Å². The summed E-state index contributed by atoms with van der Waals surface area (Å²) in [5.74, 6) is 1.11. The number of ether oxygens (including phenoxy) is 1. The Bertz CT molecular complexity index is 204. The van der Waals surface area contributed by atoms with Gasteiger partial charge in [0.15, 0.2) is 0 Å². The molecule has 0 radical (unpaired) electrons. The summed E-state index contributed by atoms with van der Waals surface area (Å²) in [6.45, 7) is 3.10. The average Bonchev–Trinajstić information content (AvgIpc) is 2.23. The summed E-state index contributed by atoms with van der Waals surface area (Å²) >= 11 is 0. The zero-order chi connectivity index (χ0) is 10.0. The monoisotopic (exact) mass is 196 g/mol. The van der Waals surface area contributed by atoms with E-state index in [0.717, 1.165) is 31.7 Å². The summed E-state index contributed by atoms with van der Waals surface area (Å²) in [4.78, 5) is 10.8. The first-order valence-electron chi connectivity index (χ1n) is 5.83. The molecular weight excluding hydrogens is 176 g/mol. The molecule has 2 rings (SSSR count). The van der Waals surface area contributed by atoms with Crippen LogP contribution in [0.1, 0.15) is 45.4 Å². The molecule has 1 atom stereocenters. The predicted octanol–water partition coefficient (Wildman–Crippen LogP) is 2.56. The molecule has 2 heteroatoms. The third-order valence-corrected chi connectivity index (χ3v) is 3.91. The van der Waals surface area contributed by atoms with Gasteiger partial charge < -0.3 is 9.53 Å². The molecule has 2 fully saturated rings. The van der Waals surface area contributed by atoms with Gasteiger partial charge in [-0.3, -0.25) is 0 Å². The topological polar surface area (TPSA) is 26.3 Å². The van der Waals surface area contributed by atoms with Crippen molar-refractivity contribution in [1.29, 1.82) is 0 Å². The highest BCUT2D eigenvalue weighted by Crippen LogP contribution is 2.41. The smallest absolute Gasteiger partial charge is 0.123 e. The van der Waals surface area contributed by atoms with Crippen molar-refractivity contribution >= 4 is 6.29 Å². The van der Waals surface area contributed by atoms with E-state index in [2.05, 4.69) is 6.92 Å². The zero-order valence-electron chi connectivity index (χ0n) is 9.00. The van der Waals surface area contributed by atoms with Gasteiger partial charge in [0.2, 0.25) is 0 Å². The minimum Gasteiger partial charge on any atom is -0.375 e. The number of rotatable bonds is 1. The molecule has 80 valence electrons. The lowest BCUT2D eigenvalue weighted by Gasteiger charge is -2.43. The summed E-state index contributed by atoms with van der Waals surface area (Å²) in [5.41, 5.74) is 0.0797. The molecule has 1 saturated carbocycles. The van der Waals surface area contributed by atoms with Crippen molar-refractivity contribution in [2.75, 3.05) is 6.61 Å². The average molecular weight is 196 g/mol. The number of hydrogen-bond donors (Lipinski definition) is 0. The second-order valence-electron chi connectivity index (χ2n) is 5.10. The minimum atomic E-state index is 0.0797. The summed E-state index contributed by atoms with van der Waals surface area (Å²) in [7, 11) is 0. The largest absolute Gasteiger partial charge is 0.375 e. The molecule has 1 spiro atoms. The second-order valence-corrected chi connectivity index (χ2v) is 5.10. The molecule has 1 aliphatic carbocycles. The van der Waals surface area contributed by atoms with Crippen molar-refractivity contribution in [1.82, 2.24) is 0 Å². The molecule has 0 bridgehead atoms.